The fraction of sp³-hybridized carbons (Fsp3) is 0.273. The summed E-state index contributed by atoms with van der Waals surface area (Å²) >= 11 is 0. The minimum Gasteiger partial charge on any atom is -0.441 e. The third-order valence-corrected chi connectivity index (χ3v) is 4.41. The van der Waals surface area contributed by atoms with Gasteiger partial charge in [-0.1, -0.05) is 12.1 Å². The molecule has 0 saturated carbocycles. The van der Waals surface area contributed by atoms with Crippen LogP contribution in [0.5, 0.6) is 0 Å². The van der Waals surface area contributed by atoms with E-state index < -0.39 is 28.1 Å². The van der Waals surface area contributed by atoms with Gasteiger partial charge in [0.2, 0.25) is 0 Å². The Bertz CT molecular complexity index is 622. The van der Waals surface area contributed by atoms with Crippen LogP contribution in [-0.2, 0) is 19.6 Å². The lowest BCUT2D eigenvalue weighted by atomic mass is 10.2. The van der Waals surface area contributed by atoms with Gasteiger partial charge in [-0.3, -0.25) is 9.59 Å². The van der Waals surface area contributed by atoms with Crippen molar-refractivity contribution in [3.05, 3.63) is 29.8 Å². The molecule has 1 aromatic carbocycles. The Morgan fingerprint density at radius 1 is 1.33 bits per heavy atom. The van der Waals surface area contributed by atoms with E-state index in [1.54, 1.807) is 6.07 Å². The van der Waals surface area contributed by atoms with Crippen LogP contribution in [0.25, 0.3) is 0 Å². The van der Waals surface area contributed by atoms with E-state index in [0.717, 1.165) is 6.92 Å². The van der Waals surface area contributed by atoms with Crippen LogP contribution in [0.3, 0.4) is 0 Å². The Hall–Kier alpha value is -1.89. The maximum absolute atomic E-state index is 12.1. The van der Waals surface area contributed by atoms with Crippen LogP contribution in [0.4, 0.5) is 0 Å². The molecule has 0 bridgehead atoms. The first-order valence-corrected chi connectivity index (χ1v) is 6.64. The van der Waals surface area contributed by atoms with E-state index in [1.165, 1.54) is 25.1 Å². The van der Waals surface area contributed by atoms with Crippen molar-refractivity contribution in [3.8, 4) is 0 Å². The van der Waals surface area contributed by atoms with Crippen molar-refractivity contribution < 1.29 is 22.7 Å². The lowest BCUT2D eigenvalue weighted by Gasteiger charge is -2.22. The van der Waals surface area contributed by atoms with Gasteiger partial charge in [0, 0.05) is 6.92 Å². The zero-order valence-electron chi connectivity index (χ0n) is 9.78. The minimum atomic E-state index is -3.93. The van der Waals surface area contributed by atoms with Gasteiger partial charge in [-0.15, -0.1) is 0 Å². The average molecular weight is 269 g/mol. The number of ether oxygens (including phenoxy) is 1. The maximum Gasteiger partial charge on any atom is 0.304 e. The molecule has 0 radical (unpaired) electrons. The van der Waals surface area contributed by atoms with Crippen LogP contribution in [0.1, 0.15) is 24.2 Å². The lowest BCUT2D eigenvalue weighted by molar-refractivity contribution is -0.149. The number of amides is 1. The molecule has 0 fully saturated rings. The molecule has 1 aliphatic rings. The highest BCUT2D eigenvalue weighted by Gasteiger charge is 2.44. The van der Waals surface area contributed by atoms with E-state index in [2.05, 4.69) is 0 Å². The van der Waals surface area contributed by atoms with Crippen LogP contribution < -0.4 is 0 Å². The van der Waals surface area contributed by atoms with Gasteiger partial charge in [-0.25, -0.2) is 8.42 Å². The molecule has 96 valence electrons. The highest BCUT2D eigenvalue weighted by Crippen LogP contribution is 2.31. The van der Waals surface area contributed by atoms with E-state index >= 15 is 0 Å². The molecule has 6 nitrogen and oxygen atoms in total. The van der Waals surface area contributed by atoms with Crippen LogP contribution in [-0.4, -0.2) is 30.8 Å². The van der Waals surface area contributed by atoms with E-state index in [0.29, 0.717) is 4.31 Å². The van der Waals surface area contributed by atoms with Crippen molar-refractivity contribution in [2.24, 2.45) is 0 Å². The van der Waals surface area contributed by atoms with Crippen molar-refractivity contribution in [2.75, 3.05) is 0 Å². The summed E-state index contributed by atoms with van der Waals surface area (Å²) in [5.41, 5.74) is 0.0940. The Labute approximate surface area is 104 Å². The lowest BCUT2D eigenvalue weighted by Crippen LogP contribution is -2.40. The molecule has 1 heterocycles. The Morgan fingerprint density at radius 3 is 2.50 bits per heavy atom. The van der Waals surface area contributed by atoms with Gasteiger partial charge in [0.25, 0.3) is 15.9 Å². The molecule has 0 saturated heterocycles. The second-order valence-corrected chi connectivity index (χ2v) is 5.59. The van der Waals surface area contributed by atoms with Crippen molar-refractivity contribution >= 4 is 21.9 Å². The molecule has 2 rings (SSSR count). The fourth-order valence-corrected chi connectivity index (χ4v) is 3.50. The standard InChI is InChI=1S/C11H11NO5S/c1-7(17-8(2)13)12-11(14)9-5-3-4-6-10(9)18(12,15)16/h3-7H,1-2H3. The summed E-state index contributed by atoms with van der Waals surface area (Å²) in [6.45, 7) is 2.49. The summed E-state index contributed by atoms with van der Waals surface area (Å²) in [6, 6.07) is 5.88. The molecule has 1 unspecified atom stereocenters. The van der Waals surface area contributed by atoms with Crippen LogP contribution in [0.15, 0.2) is 29.2 Å². The van der Waals surface area contributed by atoms with Gasteiger partial charge >= 0.3 is 5.97 Å². The largest absolute Gasteiger partial charge is 0.441 e. The number of esters is 1. The van der Waals surface area contributed by atoms with Gasteiger partial charge in [-0.2, -0.15) is 4.31 Å². The maximum atomic E-state index is 12.1. The second kappa shape index (κ2) is 4.09. The predicted molar refractivity (Wildman–Crippen MR) is 61.0 cm³/mol. The summed E-state index contributed by atoms with van der Waals surface area (Å²) < 4.78 is 29.6. The smallest absolute Gasteiger partial charge is 0.304 e. The second-order valence-electron chi connectivity index (χ2n) is 3.81. The number of carbonyl (C=O) groups excluding carboxylic acids is 2. The molecule has 1 atom stereocenters. The van der Waals surface area contributed by atoms with E-state index in [4.69, 9.17) is 4.74 Å². The first kappa shape index (κ1) is 12.6. The molecular formula is C11H11NO5S. The summed E-state index contributed by atoms with van der Waals surface area (Å²) in [4.78, 5) is 22.8. The number of rotatable bonds is 2. The van der Waals surface area contributed by atoms with Gasteiger partial charge in [0.15, 0.2) is 6.23 Å². The van der Waals surface area contributed by atoms with Crippen molar-refractivity contribution in [3.63, 3.8) is 0 Å². The predicted octanol–water partition coefficient (Wildman–Crippen LogP) is 0.740. The number of nitrogens with zero attached hydrogens (tertiary/aromatic N) is 1. The van der Waals surface area contributed by atoms with E-state index in [1.807, 2.05) is 0 Å². The first-order valence-electron chi connectivity index (χ1n) is 5.20. The number of benzene rings is 1. The normalized spacial score (nSPS) is 18.3. The Balaban J connectivity index is 2.48. The fourth-order valence-electron chi connectivity index (χ4n) is 1.85. The van der Waals surface area contributed by atoms with Crippen LogP contribution in [0, 0.1) is 0 Å². The molecule has 0 spiro atoms. The van der Waals surface area contributed by atoms with Gasteiger partial charge in [0.1, 0.15) is 4.90 Å². The SMILES string of the molecule is CC(=O)OC(C)N1C(=O)c2ccccc2S1(=O)=O. The number of sulfonamides is 1. The Morgan fingerprint density at radius 2 is 1.94 bits per heavy atom. The monoisotopic (exact) mass is 269 g/mol. The summed E-state index contributed by atoms with van der Waals surface area (Å²) in [5, 5.41) is 0. The highest BCUT2D eigenvalue weighted by molar-refractivity contribution is 7.90. The van der Waals surface area contributed by atoms with Gasteiger partial charge in [-0.05, 0) is 19.1 Å². The molecule has 1 aromatic rings. The number of hydrogen-bond donors (Lipinski definition) is 0. The zero-order valence-corrected chi connectivity index (χ0v) is 10.6. The minimum absolute atomic E-state index is 0.0611. The van der Waals surface area contributed by atoms with Crippen molar-refractivity contribution in [1.29, 1.82) is 0 Å². The van der Waals surface area contributed by atoms with Gasteiger partial charge in [0.05, 0.1) is 5.56 Å². The first-order chi connectivity index (χ1) is 8.35. The Kier molecular flexibility index (Phi) is 2.86. The van der Waals surface area contributed by atoms with E-state index in [9.17, 15) is 18.0 Å². The topological polar surface area (TPSA) is 80.8 Å². The molecule has 18 heavy (non-hydrogen) atoms. The van der Waals surface area contributed by atoms with E-state index in [-0.39, 0.29) is 10.5 Å². The van der Waals surface area contributed by atoms with Crippen molar-refractivity contribution in [1.82, 2.24) is 4.31 Å². The van der Waals surface area contributed by atoms with Crippen molar-refractivity contribution in [2.45, 2.75) is 25.0 Å². The summed E-state index contributed by atoms with van der Waals surface area (Å²) in [7, 11) is -3.93. The molecule has 0 aromatic heterocycles. The number of fused-ring (bicyclic) bond motifs is 1. The molecule has 7 heteroatoms. The third-order valence-electron chi connectivity index (χ3n) is 2.52. The van der Waals surface area contributed by atoms with Crippen LogP contribution >= 0.6 is 0 Å². The average Bonchev–Trinajstić information content (AvgIpc) is 2.47. The zero-order chi connectivity index (χ0) is 13.5. The third kappa shape index (κ3) is 1.76. The highest BCUT2D eigenvalue weighted by atomic mass is 32.2. The number of hydrogen-bond acceptors (Lipinski definition) is 5. The number of carbonyl (C=O) groups is 2. The molecule has 1 amide bonds. The quantitative estimate of drug-likeness (QED) is 0.740. The van der Waals surface area contributed by atoms with Crippen LogP contribution in [0.2, 0.25) is 0 Å². The van der Waals surface area contributed by atoms with Gasteiger partial charge < -0.3 is 4.74 Å². The molecule has 0 N–H and O–H groups in total. The molecule has 1 aliphatic heterocycles. The summed E-state index contributed by atoms with van der Waals surface area (Å²) in [6.07, 6.45) is -1.16. The molecule has 0 aliphatic carbocycles. The molecular weight excluding hydrogens is 258 g/mol. The summed E-state index contributed by atoms with van der Waals surface area (Å²) in [5.74, 6) is -1.33.